The number of nitrogens with zero attached hydrogens (tertiary/aromatic N) is 1. The van der Waals surface area contributed by atoms with Gasteiger partial charge in [-0.25, -0.2) is 18.4 Å². The minimum absolute atomic E-state index is 0.0295. The number of halogens is 1. The number of aromatic carboxylic acids is 1. The molecular formula is C32H41ClN2O7S. The van der Waals surface area contributed by atoms with Gasteiger partial charge in [-0.1, -0.05) is 17.7 Å². The summed E-state index contributed by atoms with van der Waals surface area (Å²) in [4.78, 5) is 14.3. The molecule has 1 spiro atoms. The van der Waals surface area contributed by atoms with Crippen molar-refractivity contribution in [1.29, 1.82) is 0 Å². The van der Waals surface area contributed by atoms with E-state index in [1.165, 1.54) is 11.1 Å². The Morgan fingerprint density at radius 2 is 2.07 bits per heavy atom. The van der Waals surface area contributed by atoms with Gasteiger partial charge in [-0.15, -0.1) is 0 Å². The molecule has 2 aliphatic carbocycles. The molecule has 4 aliphatic rings. The highest BCUT2D eigenvalue weighted by molar-refractivity contribution is 7.89. The quantitative estimate of drug-likeness (QED) is 0.426. The van der Waals surface area contributed by atoms with Gasteiger partial charge in [-0.05, 0) is 98.7 Å². The third-order valence-corrected chi connectivity index (χ3v) is 11.6. The molecule has 0 amide bonds. The van der Waals surface area contributed by atoms with Crippen LogP contribution in [0.4, 0.5) is 5.69 Å². The summed E-state index contributed by atoms with van der Waals surface area (Å²) in [6.07, 6.45) is 6.52. The van der Waals surface area contributed by atoms with Crippen LogP contribution >= 0.6 is 11.6 Å². The number of carboxylic acid groups (broad SMARTS) is 1. The number of aryl methyl sites for hydroxylation is 1. The Morgan fingerprint density at radius 3 is 2.81 bits per heavy atom. The SMILES string of the molecule is C[C@@H](CO[C@@H]1CCO[C@@H]([C@@H]2CC[C@H]2CN2C[C@@]3(CCCc4cc(Cl)ccc43)COc3ccc(C(=O)O)cc32)C1)S(N)(=O)=O. The Labute approximate surface area is 258 Å². The van der Waals surface area contributed by atoms with Crippen LogP contribution in [0.3, 0.4) is 0 Å². The molecular weight excluding hydrogens is 592 g/mol. The lowest BCUT2D eigenvalue weighted by Gasteiger charge is -2.47. The van der Waals surface area contributed by atoms with Crippen molar-refractivity contribution in [1.82, 2.24) is 0 Å². The topological polar surface area (TPSA) is 128 Å². The maximum Gasteiger partial charge on any atom is 0.335 e. The van der Waals surface area contributed by atoms with Gasteiger partial charge in [0.25, 0.3) is 0 Å². The molecule has 11 heteroatoms. The number of nitrogens with two attached hydrogens (primary N) is 1. The molecule has 2 fully saturated rings. The third-order valence-electron chi connectivity index (χ3n) is 10.1. The molecule has 2 aromatic carbocycles. The Balaban J connectivity index is 1.23. The monoisotopic (exact) mass is 632 g/mol. The molecule has 2 aliphatic heterocycles. The minimum Gasteiger partial charge on any atom is -0.490 e. The van der Waals surface area contributed by atoms with E-state index < -0.39 is 21.2 Å². The number of hydrogen-bond donors (Lipinski definition) is 2. The number of hydrogen-bond acceptors (Lipinski definition) is 7. The predicted octanol–water partition coefficient (Wildman–Crippen LogP) is 4.78. The first-order valence-electron chi connectivity index (χ1n) is 15.3. The van der Waals surface area contributed by atoms with Crippen LogP contribution in [0.2, 0.25) is 5.02 Å². The van der Waals surface area contributed by atoms with E-state index in [-0.39, 0.29) is 29.8 Å². The van der Waals surface area contributed by atoms with Crippen molar-refractivity contribution >= 4 is 33.3 Å². The molecule has 0 aromatic heterocycles. The molecule has 1 saturated carbocycles. The number of carbonyl (C=O) groups is 1. The van der Waals surface area contributed by atoms with Crippen molar-refractivity contribution in [2.75, 3.05) is 37.8 Å². The van der Waals surface area contributed by atoms with Gasteiger partial charge in [0.1, 0.15) is 5.75 Å². The second kappa shape index (κ2) is 12.2. The highest BCUT2D eigenvalue weighted by Crippen LogP contribution is 2.47. The van der Waals surface area contributed by atoms with Crippen LogP contribution in [0.15, 0.2) is 36.4 Å². The number of ether oxygens (including phenoxy) is 3. The highest BCUT2D eigenvalue weighted by Gasteiger charge is 2.45. The normalized spacial score (nSPS) is 29.5. The zero-order valence-electron chi connectivity index (χ0n) is 24.5. The van der Waals surface area contributed by atoms with Crippen molar-refractivity contribution in [3.8, 4) is 5.75 Å². The zero-order chi connectivity index (χ0) is 30.4. The summed E-state index contributed by atoms with van der Waals surface area (Å²) in [5.41, 5.74) is 3.37. The van der Waals surface area contributed by atoms with Crippen molar-refractivity contribution in [3.63, 3.8) is 0 Å². The Hall–Kier alpha value is -2.37. The van der Waals surface area contributed by atoms with E-state index in [9.17, 15) is 18.3 Å². The smallest absolute Gasteiger partial charge is 0.335 e. The minimum atomic E-state index is -3.64. The van der Waals surface area contributed by atoms with Crippen LogP contribution in [-0.2, 0) is 31.3 Å². The van der Waals surface area contributed by atoms with Gasteiger partial charge in [-0.2, -0.15) is 0 Å². The highest BCUT2D eigenvalue weighted by atomic mass is 35.5. The van der Waals surface area contributed by atoms with Crippen molar-refractivity contribution < 1.29 is 32.5 Å². The summed E-state index contributed by atoms with van der Waals surface area (Å²) in [5.74, 6) is 0.451. The predicted molar refractivity (Wildman–Crippen MR) is 165 cm³/mol. The molecule has 0 radical (unpaired) electrons. The third kappa shape index (κ3) is 6.40. The molecule has 3 N–H and O–H groups in total. The molecule has 2 heterocycles. The standard InChI is InChI=1S/C32H41ClN2O7S/c1-20(43(34,38)39)17-41-25-10-12-40-30(15-25)26-7-4-23(26)16-35-18-32(11-2-3-21-13-24(33)6-8-27(21)32)19-42-29-9-5-22(31(36)37)14-28(29)35/h5-6,8-9,13-14,20,23,25-26,30H,2-4,7,10-12,15-19H2,1H3,(H,36,37)(H2,34,38,39)/t20-,23-,25+,26+,30+,32-/m0/s1. The number of carboxylic acids is 1. The van der Waals surface area contributed by atoms with Gasteiger partial charge in [-0.3, -0.25) is 0 Å². The first-order valence-corrected chi connectivity index (χ1v) is 17.3. The molecule has 2 aromatic rings. The van der Waals surface area contributed by atoms with Gasteiger partial charge in [0, 0.05) is 36.6 Å². The molecule has 0 bridgehead atoms. The number of rotatable bonds is 8. The first-order chi connectivity index (χ1) is 20.5. The van der Waals surface area contributed by atoms with Crippen molar-refractivity contribution in [3.05, 3.63) is 58.1 Å². The van der Waals surface area contributed by atoms with Crippen molar-refractivity contribution in [2.45, 2.75) is 74.7 Å². The van der Waals surface area contributed by atoms with Gasteiger partial charge >= 0.3 is 5.97 Å². The maximum absolute atomic E-state index is 12.0. The van der Waals surface area contributed by atoms with E-state index in [0.29, 0.717) is 30.8 Å². The van der Waals surface area contributed by atoms with Gasteiger partial charge in [0.2, 0.25) is 10.0 Å². The van der Waals surface area contributed by atoms with E-state index in [4.69, 9.17) is 31.0 Å². The lowest BCUT2D eigenvalue weighted by atomic mass is 9.67. The zero-order valence-corrected chi connectivity index (χ0v) is 26.1. The maximum atomic E-state index is 12.0. The second-order valence-electron chi connectivity index (χ2n) is 12.9. The fourth-order valence-corrected chi connectivity index (χ4v) is 7.92. The molecule has 234 valence electrons. The van der Waals surface area contributed by atoms with Gasteiger partial charge < -0.3 is 24.2 Å². The van der Waals surface area contributed by atoms with Crippen LogP contribution in [0.25, 0.3) is 0 Å². The molecule has 9 nitrogen and oxygen atoms in total. The van der Waals surface area contributed by atoms with E-state index in [2.05, 4.69) is 17.0 Å². The van der Waals surface area contributed by atoms with E-state index in [1.807, 2.05) is 6.07 Å². The summed E-state index contributed by atoms with van der Waals surface area (Å²) in [7, 11) is -3.64. The van der Waals surface area contributed by atoms with Crippen molar-refractivity contribution in [2.24, 2.45) is 17.0 Å². The van der Waals surface area contributed by atoms with E-state index in [0.717, 1.165) is 68.7 Å². The van der Waals surface area contributed by atoms with Crippen LogP contribution in [0.5, 0.6) is 5.75 Å². The number of fused-ring (bicyclic) bond motifs is 3. The summed E-state index contributed by atoms with van der Waals surface area (Å²) in [6, 6.07) is 11.4. The number of sulfonamides is 1. The summed E-state index contributed by atoms with van der Waals surface area (Å²) < 4.78 is 42.0. The van der Waals surface area contributed by atoms with E-state index in [1.54, 1.807) is 25.1 Å². The molecule has 6 atom stereocenters. The van der Waals surface area contributed by atoms with Crippen LogP contribution in [-0.4, -0.2) is 69.9 Å². The van der Waals surface area contributed by atoms with E-state index >= 15 is 0 Å². The van der Waals surface area contributed by atoms with Crippen LogP contribution in [0, 0.1) is 11.8 Å². The Morgan fingerprint density at radius 1 is 1.23 bits per heavy atom. The molecule has 6 rings (SSSR count). The van der Waals surface area contributed by atoms with Crippen LogP contribution in [0.1, 0.15) is 66.9 Å². The second-order valence-corrected chi connectivity index (χ2v) is 15.3. The average Bonchev–Trinajstić information content (AvgIpc) is 3.10. The molecule has 0 unspecified atom stereocenters. The fourth-order valence-electron chi connectivity index (χ4n) is 7.45. The summed E-state index contributed by atoms with van der Waals surface area (Å²) in [6.45, 7) is 4.24. The lowest BCUT2D eigenvalue weighted by molar-refractivity contribution is -0.116. The number of anilines is 1. The number of benzene rings is 2. The average molecular weight is 633 g/mol. The van der Waals surface area contributed by atoms with Crippen LogP contribution < -0.4 is 14.8 Å². The van der Waals surface area contributed by atoms with Gasteiger partial charge in [0.15, 0.2) is 0 Å². The Kier molecular flexibility index (Phi) is 8.69. The molecule has 1 saturated heterocycles. The summed E-state index contributed by atoms with van der Waals surface area (Å²) >= 11 is 6.38. The Bertz CT molecular complexity index is 1470. The summed E-state index contributed by atoms with van der Waals surface area (Å²) in [5, 5.41) is 15.1. The fraction of sp³-hybridized carbons (Fsp3) is 0.594. The number of primary sulfonamides is 1. The van der Waals surface area contributed by atoms with Gasteiger partial charge in [0.05, 0.1) is 41.9 Å². The first kappa shape index (κ1) is 30.6. The lowest BCUT2D eigenvalue weighted by Crippen LogP contribution is -2.51. The largest absolute Gasteiger partial charge is 0.490 e. The molecule has 43 heavy (non-hydrogen) atoms.